The van der Waals surface area contributed by atoms with Gasteiger partial charge in [-0.25, -0.2) is 9.37 Å². The normalized spacial score (nSPS) is 17.4. The number of aromatic nitrogens is 1. The van der Waals surface area contributed by atoms with Gasteiger partial charge in [0, 0.05) is 16.4 Å². The minimum Gasteiger partial charge on any atom is -0.373 e. The summed E-state index contributed by atoms with van der Waals surface area (Å²) in [5.41, 5.74) is 3.56. The van der Waals surface area contributed by atoms with Crippen molar-refractivity contribution < 1.29 is 13.5 Å². The third-order valence-electron chi connectivity index (χ3n) is 6.00. The first-order chi connectivity index (χ1) is 14.0. The summed E-state index contributed by atoms with van der Waals surface area (Å²) in [5.74, 6) is -0.720. The Morgan fingerprint density at radius 1 is 1.07 bits per heavy atom. The van der Waals surface area contributed by atoms with Gasteiger partial charge in [-0.3, -0.25) is 0 Å². The minimum atomic E-state index is -0.490. The highest BCUT2D eigenvalue weighted by Crippen LogP contribution is 2.36. The quantitative estimate of drug-likeness (QED) is 0.601. The molecule has 0 aliphatic carbocycles. The zero-order valence-electron chi connectivity index (χ0n) is 16.8. The number of halogens is 2. The Labute approximate surface area is 170 Å². The highest BCUT2D eigenvalue weighted by atomic mass is 19.1. The number of ether oxygens (including phenoxy) is 1. The highest BCUT2D eigenvalue weighted by molar-refractivity contribution is 5.82. The Hall–Kier alpha value is -2.37. The van der Waals surface area contributed by atoms with E-state index >= 15 is 0 Å². The van der Waals surface area contributed by atoms with Crippen LogP contribution in [0.2, 0.25) is 0 Å². The van der Waals surface area contributed by atoms with E-state index in [9.17, 15) is 8.78 Å². The largest absolute Gasteiger partial charge is 0.373 e. The number of fused-ring (bicyclic) bond motifs is 1. The van der Waals surface area contributed by atoms with E-state index in [-0.39, 0.29) is 17.3 Å². The summed E-state index contributed by atoms with van der Waals surface area (Å²) in [6.07, 6.45) is 1.61. The number of nitrogens with zero attached hydrogens (tertiary/aromatic N) is 1. The zero-order valence-corrected chi connectivity index (χ0v) is 16.8. The van der Waals surface area contributed by atoms with Gasteiger partial charge in [0.2, 0.25) is 5.95 Å². The van der Waals surface area contributed by atoms with Crippen LogP contribution in [0.1, 0.15) is 42.6 Å². The number of hydrogen-bond donors (Lipinski definition) is 1. The molecule has 1 unspecified atom stereocenters. The second-order valence-electron chi connectivity index (χ2n) is 8.05. The fraction of sp³-hybridized carbons (Fsp3) is 0.375. The third kappa shape index (κ3) is 4.16. The molecule has 0 radical (unpaired) electrons. The molecule has 4 rings (SSSR count). The molecule has 1 saturated heterocycles. The van der Waals surface area contributed by atoms with Crippen LogP contribution in [0.5, 0.6) is 0 Å². The zero-order chi connectivity index (χ0) is 20.4. The molecule has 0 saturated carbocycles. The summed E-state index contributed by atoms with van der Waals surface area (Å²) >= 11 is 0. The van der Waals surface area contributed by atoms with Crippen molar-refractivity contribution in [2.45, 2.75) is 38.2 Å². The van der Waals surface area contributed by atoms with Gasteiger partial charge >= 0.3 is 0 Å². The lowest BCUT2D eigenvalue weighted by molar-refractivity contribution is 0.0172. The van der Waals surface area contributed by atoms with Crippen LogP contribution in [0.4, 0.5) is 8.78 Å². The lowest BCUT2D eigenvalue weighted by Gasteiger charge is -2.39. The topological polar surface area (TPSA) is 34.1 Å². The molecule has 29 heavy (non-hydrogen) atoms. The third-order valence-corrected chi connectivity index (χ3v) is 6.00. The second kappa shape index (κ2) is 8.17. The smallest absolute Gasteiger partial charge is 0.213 e. The molecule has 1 atom stereocenters. The maximum Gasteiger partial charge on any atom is 0.213 e. The van der Waals surface area contributed by atoms with Crippen LogP contribution in [0, 0.1) is 18.7 Å². The molecule has 2 aromatic carbocycles. The van der Waals surface area contributed by atoms with Crippen LogP contribution >= 0.6 is 0 Å². The minimum absolute atomic E-state index is 0.161. The standard InChI is InChI=1S/C24H26F2N2O/c1-16-13-18-3-8-22(26)28-23(18)21(14-16)17(2)29-15-24(9-11-27-12-10-24)19-4-6-20(25)7-5-19/h3-8,13-14,17,27H,9-12,15H2,1-2H3. The first-order valence-corrected chi connectivity index (χ1v) is 10.1. The first kappa shape index (κ1) is 19.9. The second-order valence-corrected chi connectivity index (χ2v) is 8.05. The van der Waals surface area contributed by atoms with Crippen LogP contribution in [-0.2, 0) is 10.2 Å². The van der Waals surface area contributed by atoms with Gasteiger partial charge in [-0.05, 0) is 75.7 Å². The molecule has 1 aliphatic rings. The summed E-state index contributed by atoms with van der Waals surface area (Å²) in [7, 11) is 0. The average molecular weight is 396 g/mol. The van der Waals surface area contributed by atoms with Crippen molar-refractivity contribution in [1.82, 2.24) is 10.3 Å². The fourth-order valence-electron chi connectivity index (χ4n) is 4.30. The summed E-state index contributed by atoms with van der Waals surface area (Å²) in [6.45, 7) is 6.32. The molecule has 3 nitrogen and oxygen atoms in total. The van der Waals surface area contributed by atoms with Crippen molar-refractivity contribution in [1.29, 1.82) is 0 Å². The van der Waals surface area contributed by atoms with E-state index in [2.05, 4.69) is 10.3 Å². The average Bonchev–Trinajstić information content (AvgIpc) is 2.73. The number of nitrogens with one attached hydrogen (secondary N) is 1. The number of benzene rings is 2. The van der Waals surface area contributed by atoms with Crippen LogP contribution in [0.25, 0.3) is 10.9 Å². The van der Waals surface area contributed by atoms with E-state index in [1.165, 1.54) is 18.2 Å². The van der Waals surface area contributed by atoms with Crippen molar-refractivity contribution >= 4 is 10.9 Å². The molecule has 0 spiro atoms. The van der Waals surface area contributed by atoms with Crippen molar-refractivity contribution in [3.63, 3.8) is 0 Å². The molecule has 3 aromatic rings. The lowest BCUT2D eigenvalue weighted by Crippen LogP contribution is -2.43. The molecule has 2 heterocycles. The van der Waals surface area contributed by atoms with Gasteiger partial charge in [-0.15, -0.1) is 0 Å². The monoisotopic (exact) mass is 396 g/mol. The summed E-state index contributed by atoms with van der Waals surface area (Å²) < 4.78 is 33.6. The van der Waals surface area contributed by atoms with E-state index in [4.69, 9.17) is 4.74 Å². The van der Waals surface area contributed by atoms with Gasteiger partial charge < -0.3 is 10.1 Å². The maximum absolute atomic E-state index is 13.8. The number of piperidine rings is 1. The molecule has 0 bridgehead atoms. The molecular weight excluding hydrogens is 370 g/mol. The van der Waals surface area contributed by atoms with Crippen molar-refractivity contribution in [3.8, 4) is 0 Å². The summed E-state index contributed by atoms with van der Waals surface area (Å²) in [4.78, 5) is 4.12. The van der Waals surface area contributed by atoms with Crippen LogP contribution in [0.15, 0.2) is 48.5 Å². The molecule has 1 aliphatic heterocycles. The molecule has 1 aromatic heterocycles. The molecule has 152 valence electrons. The number of rotatable bonds is 5. The van der Waals surface area contributed by atoms with E-state index in [0.717, 1.165) is 48.0 Å². The number of pyridine rings is 1. The Balaban J connectivity index is 1.62. The van der Waals surface area contributed by atoms with Crippen LogP contribution in [-0.4, -0.2) is 24.7 Å². The predicted octanol–water partition coefficient (Wildman–Crippen LogP) is 5.22. The lowest BCUT2D eigenvalue weighted by atomic mass is 9.74. The SMILES string of the molecule is Cc1cc(C(C)OCC2(c3ccc(F)cc3)CCNCC2)c2nc(F)ccc2c1. The van der Waals surface area contributed by atoms with E-state index in [0.29, 0.717) is 12.1 Å². The van der Waals surface area contributed by atoms with Gasteiger partial charge in [0.1, 0.15) is 5.82 Å². The van der Waals surface area contributed by atoms with Crippen LogP contribution in [0.3, 0.4) is 0 Å². The highest BCUT2D eigenvalue weighted by Gasteiger charge is 2.35. The molecular formula is C24H26F2N2O. The maximum atomic E-state index is 13.8. The Morgan fingerprint density at radius 3 is 2.52 bits per heavy atom. The number of hydrogen-bond acceptors (Lipinski definition) is 3. The first-order valence-electron chi connectivity index (χ1n) is 10.1. The van der Waals surface area contributed by atoms with E-state index in [1.807, 2.05) is 38.1 Å². The molecule has 5 heteroatoms. The van der Waals surface area contributed by atoms with E-state index < -0.39 is 5.95 Å². The fourth-order valence-corrected chi connectivity index (χ4v) is 4.30. The van der Waals surface area contributed by atoms with Crippen molar-refractivity contribution in [2.75, 3.05) is 19.7 Å². The number of aryl methyl sites for hydroxylation is 1. The van der Waals surface area contributed by atoms with Crippen LogP contribution < -0.4 is 5.32 Å². The molecule has 1 fully saturated rings. The Kier molecular flexibility index (Phi) is 5.61. The summed E-state index contributed by atoms with van der Waals surface area (Å²) in [6, 6.07) is 13.9. The Bertz CT molecular complexity index is 998. The van der Waals surface area contributed by atoms with Crippen molar-refractivity contribution in [2.24, 2.45) is 0 Å². The van der Waals surface area contributed by atoms with Crippen molar-refractivity contribution in [3.05, 3.63) is 77.0 Å². The predicted molar refractivity (Wildman–Crippen MR) is 111 cm³/mol. The van der Waals surface area contributed by atoms with Gasteiger partial charge in [0.25, 0.3) is 0 Å². The van der Waals surface area contributed by atoms with Gasteiger partial charge in [-0.1, -0.05) is 23.8 Å². The van der Waals surface area contributed by atoms with Gasteiger partial charge in [0.15, 0.2) is 0 Å². The summed E-state index contributed by atoms with van der Waals surface area (Å²) in [5, 5.41) is 4.31. The molecule has 1 N–H and O–H groups in total. The van der Waals surface area contributed by atoms with Gasteiger partial charge in [-0.2, -0.15) is 4.39 Å². The van der Waals surface area contributed by atoms with Gasteiger partial charge in [0.05, 0.1) is 18.2 Å². The van der Waals surface area contributed by atoms with E-state index in [1.54, 1.807) is 6.07 Å². The Morgan fingerprint density at radius 2 is 1.79 bits per heavy atom. The molecule has 0 amide bonds.